The van der Waals surface area contributed by atoms with Crippen LogP contribution < -0.4 is 5.32 Å². The fourth-order valence-corrected chi connectivity index (χ4v) is 1.69. The highest BCUT2D eigenvalue weighted by molar-refractivity contribution is 6.31. The molecule has 4 heteroatoms. The molecule has 1 aromatic heterocycles. The van der Waals surface area contributed by atoms with Gasteiger partial charge in [0, 0.05) is 29.5 Å². The summed E-state index contributed by atoms with van der Waals surface area (Å²) >= 11 is 6.09. The molecular formula is C12H12ClN3. The second kappa shape index (κ2) is 5.05. The first-order chi connectivity index (χ1) is 7.81. The van der Waals surface area contributed by atoms with Crippen molar-refractivity contribution in [3.63, 3.8) is 0 Å². The van der Waals surface area contributed by atoms with Crippen LogP contribution in [0.4, 0.5) is 0 Å². The van der Waals surface area contributed by atoms with Gasteiger partial charge in [0.25, 0.3) is 0 Å². The molecule has 0 aliphatic carbocycles. The van der Waals surface area contributed by atoms with Crippen molar-refractivity contribution in [3.8, 4) is 11.3 Å². The highest BCUT2D eigenvalue weighted by Crippen LogP contribution is 2.23. The monoisotopic (exact) mass is 233 g/mol. The fraction of sp³-hybridized carbons (Fsp3) is 0.167. The van der Waals surface area contributed by atoms with Crippen LogP contribution in [0.25, 0.3) is 11.3 Å². The lowest BCUT2D eigenvalue weighted by Gasteiger charge is -2.06. The lowest BCUT2D eigenvalue weighted by atomic mass is 10.1. The Balaban J connectivity index is 2.40. The van der Waals surface area contributed by atoms with Gasteiger partial charge in [0.1, 0.15) is 0 Å². The molecule has 0 fully saturated rings. The van der Waals surface area contributed by atoms with Crippen LogP contribution in [-0.4, -0.2) is 17.0 Å². The molecule has 0 radical (unpaired) electrons. The summed E-state index contributed by atoms with van der Waals surface area (Å²) in [4.78, 5) is 8.30. The van der Waals surface area contributed by atoms with Crippen molar-refractivity contribution in [2.75, 3.05) is 7.05 Å². The van der Waals surface area contributed by atoms with Gasteiger partial charge in [-0.3, -0.25) is 9.97 Å². The van der Waals surface area contributed by atoms with E-state index in [4.69, 9.17) is 11.6 Å². The zero-order chi connectivity index (χ0) is 11.4. The van der Waals surface area contributed by atoms with Gasteiger partial charge in [-0.2, -0.15) is 0 Å². The van der Waals surface area contributed by atoms with Crippen LogP contribution in [0, 0.1) is 0 Å². The zero-order valence-electron chi connectivity index (χ0n) is 8.94. The second-order valence-corrected chi connectivity index (χ2v) is 3.83. The third kappa shape index (κ3) is 2.38. The molecule has 1 N–H and O–H groups in total. The summed E-state index contributed by atoms with van der Waals surface area (Å²) < 4.78 is 0. The molecule has 2 rings (SSSR count). The maximum atomic E-state index is 6.09. The van der Waals surface area contributed by atoms with Crippen LogP contribution in [0.2, 0.25) is 5.02 Å². The van der Waals surface area contributed by atoms with Crippen LogP contribution in [0.5, 0.6) is 0 Å². The van der Waals surface area contributed by atoms with Gasteiger partial charge in [-0.25, -0.2) is 0 Å². The molecule has 1 heterocycles. The van der Waals surface area contributed by atoms with E-state index in [1.54, 1.807) is 18.6 Å². The van der Waals surface area contributed by atoms with E-state index in [2.05, 4.69) is 15.3 Å². The molecule has 16 heavy (non-hydrogen) atoms. The second-order valence-electron chi connectivity index (χ2n) is 3.43. The van der Waals surface area contributed by atoms with Gasteiger partial charge in [-0.15, -0.1) is 0 Å². The molecule has 0 amide bonds. The van der Waals surface area contributed by atoms with Crippen LogP contribution in [0.3, 0.4) is 0 Å². The largest absolute Gasteiger partial charge is 0.316 e. The topological polar surface area (TPSA) is 37.8 Å². The van der Waals surface area contributed by atoms with E-state index < -0.39 is 0 Å². The van der Waals surface area contributed by atoms with Crippen molar-refractivity contribution in [2.24, 2.45) is 0 Å². The van der Waals surface area contributed by atoms with Crippen LogP contribution >= 0.6 is 11.6 Å². The molecule has 0 saturated carbocycles. The smallest absolute Gasteiger partial charge is 0.0885 e. The van der Waals surface area contributed by atoms with Gasteiger partial charge < -0.3 is 5.32 Å². The van der Waals surface area contributed by atoms with Crippen molar-refractivity contribution in [3.05, 3.63) is 47.4 Å². The number of hydrogen-bond acceptors (Lipinski definition) is 3. The standard InChI is InChI=1S/C12H12ClN3/c1-14-7-10-6-9(2-3-11(10)13)12-8-15-4-5-16-12/h2-6,8,14H,7H2,1H3. The molecule has 0 atom stereocenters. The Labute approximate surface area is 99.5 Å². The summed E-state index contributed by atoms with van der Waals surface area (Å²) in [6.07, 6.45) is 5.09. The molecule has 0 unspecified atom stereocenters. The third-order valence-electron chi connectivity index (χ3n) is 2.27. The van der Waals surface area contributed by atoms with Crippen LogP contribution in [0.1, 0.15) is 5.56 Å². The summed E-state index contributed by atoms with van der Waals surface area (Å²) in [5.74, 6) is 0. The first-order valence-electron chi connectivity index (χ1n) is 5.00. The summed E-state index contributed by atoms with van der Waals surface area (Å²) in [7, 11) is 1.89. The Morgan fingerprint density at radius 3 is 2.88 bits per heavy atom. The molecular weight excluding hydrogens is 222 g/mol. The average Bonchev–Trinajstić information content (AvgIpc) is 2.33. The Morgan fingerprint density at radius 1 is 1.31 bits per heavy atom. The minimum atomic E-state index is 0.743. The molecule has 3 nitrogen and oxygen atoms in total. The molecule has 0 aliphatic rings. The molecule has 0 aliphatic heterocycles. The number of nitrogens with one attached hydrogen (secondary N) is 1. The number of rotatable bonds is 3. The SMILES string of the molecule is CNCc1cc(-c2cnccn2)ccc1Cl. The van der Waals surface area contributed by atoms with Crippen molar-refractivity contribution in [1.82, 2.24) is 15.3 Å². The molecule has 82 valence electrons. The van der Waals surface area contributed by atoms with E-state index in [0.717, 1.165) is 28.4 Å². The first-order valence-corrected chi connectivity index (χ1v) is 5.38. The summed E-state index contributed by atoms with van der Waals surface area (Å²) in [6, 6.07) is 5.87. The normalized spacial score (nSPS) is 10.4. The highest BCUT2D eigenvalue weighted by Gasteiger charge is 2.04. The number of halogens is 1. The maximum absolute atomic E-state index is 6.09. The van der Waals surface area contributed by atoms with Gasteiger partial charge >= 0.3 is 0 Å². The van der Waals surface area contributed by atoms with E-state index >= 15 is 0 Å². The number of hydrogen-bond donors (Lipinski definition) is 1. The predicted molar refractivity (Wildman–Crippen MR) is 65.2 cm³/mol. The summed E-state index contributed by atoms with van der Waals surface area (Å²) in [5, 5.41) is 3.85. The summed E-state index contributed by atoms with van der Waals surface area (Å²) in [5.41, 5.74) is 2.95. The number of nitrogens with zero attached hydrogens (tertiary/aromatic N) is 2. The Hall–Kier alpha value is -1.45. The Morgan fingerprint density at radius 2 is 2.19 bits per heavy atom. The van der Waals surface area contributed by atoms with Crippen LogP contribution in [0.15, 0.2) is 36.8 Å². The minimum Gasteiger partial charge on any atom is -0.316 e. The van der Waals surface area contributed by atoms with Crippen molar-refractivity contribution >= 4 is 11.6 Å². The van der Waals surface area contributed by atoms with E-state index in [1.165, 1.54) is 0 Å². The van der Waals surface area contributed by atoms with Crippen molar-refractivity contribution in [2.45, 2.75) is 6.54 Å². The predicted octanol–water partition coefficient (Wildman–Crippen LogP) is 2.52. The van der Waals surface area contributed by atoms with Crippen LogP contribution in [-0.2, 0) is 6.54 Å². The Bertz CT molecular complexity index is 471. The molecule has 2 aromatic rings. The van der Waals surface area contributed by atoms with Gasteiger partial charge in [-0.1, -0.05) is 17.7 Å². The molecule has 0 saturated heterocycles. The van der Waals surface area contributed by atoms with E-state index in [-0.39, 0.29) is 0 Å². The van der Waals surface area contributed by atoms with Gasteiger partial charge in [0.2, 0.25) is 0 Å². The average molecular weight is 234 g/mol. The lowest BCUT2D eigenvalue weighted by molar-refractivity contribution is 0.818. The van der Waals surface area contributed by atoms with Crippen molar-refractivity contribution < 1.29 is 0 Å². The number of benzene rings is 1. The summed E-state index contributed by atoms with van der Waals surface area (Å²) in [6.45, 7) is 0.743. The third-order valence-corrected chi connectivity index (χ3v) is 2.64. The van der Waals surface area contributed by atoms with E-state index in [9.17, 15) is 0 Å². The van der Waals surface area contributed by atoms with E-state index in [1.807, 2.05) is 25.2 Å². The number of aromatic nitrogens is 2. The van der Waals surface area contributed by atoms with Crippen molar-refractivity contribution in [1.29, 1.82) is 0 Å². The Kier molecular flexibility index (Phi) is 3.49. The molecule has 0 spiro atoms. The molecule has 1 aromatic carbocycles. The van der Waals surface area contributed by atoms with Gasteiger partial charge in [0.05, 0.1) is 11.9 Å². The van der Waals surface area contributed by atoms with E-state index in [0.29, 0.717) is 0 Å². The maximum Gasteiger partial charge on any atom is 0.0885 e. The first kappa shape index (κ1) is 11.0. The van der Waals surface area contributed by atoms with Gasteiger partial charge in [0.15, 0.2) is 0 Å². The lowest BCUT2D eigenvalue weighted by Crippen LogP contribution is -2.05. The quantitative estimate of drug-likeness (QED) is 0.885. The highest BCUT2D eigenvalue weighted by atomic mass is 35.5. The van der Waals surface area contributed by atoms with Gasteiger partial charge in [-0.05, 0) is 24.7 Å². The minimum absolute atomic E-state index is 0.743. The fourth-order valence-electron chi connectivity index (χ4n) is 1.51. The molecule has 0 bridgehead atoms. The zero-order valence-corrected chi connectivity index (χ0v) is 9.70.